The number of ketones is 1. The lowest BCUT2D eigenvalue weighted by molar-refractivity contribution is 0.101. The van der Waals surface area contributed by atoms with E-state index < -0.39 is 10.0 Å². The molecule has 0 saturated carbocycles. The number of nitrogens with zero attached hydrogens (tertiary/aromatic N) is 3. The van der Waals surface area contributed by atoms with E-state index in [2.05, 4.69) is 9.88 Å². The van der Waals surface area contributed by atoms with Crippen molar-refractivity contribution >= 4 is 32.3 Å². The summed E-state index contributed by atoms with van der Waals surface area (Å²) < 4.78 is 40.4. The zero-order valence-corrected chi connectivity index (χ0v) is 17.9. The molecule has 0 amide bonds. The third-order valence-corrected chi connectivity index (χ3v) is 7.85. The van der Waals surface area contributed by atoms with Gasteiger partial charge in [0.15, 0.2) is 10.9 Å². The summed E-state index contributed by atoms with van der Waals surface area (Å²) in [4.78, 5) is 18.3. The highest BCUT2D eigenvalue weighted by Gasteiger charge is 2.29. The van der Waals surface area contributed by atoms with Crippen LogP contribution in [0.15, 0.2) is 58.8 Å². The Bertz CT molecular complexity index is 1150. The number of rotatable bonds is 5. The van der Waals surface area contributed by atoms with Gasteiger partial charge in [0.2, 0.25) is 10.0 Å². The summed E-state index contributed by atoms with van der Waals surface area (Å²) >= 11 is 1.49. The van der Waals surface area contributed by atoms with Crippen molar-refractivity contribution in [2.45, 2.75) is 11.8 Å². The van der Waals surface area contributed by atoms with Gasteiger partial charge in [-0.2, -0.15) is 4.31 Å². The van der Waals surface area contributed by atoms with E-state index in [1.165, 1.54) is 59.0 Å². The molecular weight excluding hydrogens is 425 g/mol. The minimum Gasteiger partial charge on any atom is -0.345 e. The smallest absolute Gasteiger partial charge is 0.243 e. The average molecular weight is 446 g/mol. The van der Waals surface area contributed by atoms with Gasteiger partial charge in [-0.1, -0.05) is 12.1 Å². The van der Waals surface area contributed by atoms with Gasteiger partial charge in [0, 0.05) is 42.7 Å². The Morgan fingerprint density at radius 2 is 1.63 bits per heavy atom. The van der Waals surface area contributed by atoms with Gasteiger partial charge in [-0.15, -0.1) is 11.3 Å². The van der Waals surface area contributed by atoms with Crippen molar-refractivity contribution in [2.24, 2.45) is 0 Å². The third kappa shape index (κ3) is 4.14. The highest BCUT2D eigenvalue weighted by atomic mass is 32.2. The van der Waals surface area contributed by atoms with E-state index in [1.54, 1.807) is 12.1 Å². The van der Waals surface area contributed by atoms with E-state index in [9.17, 15) is 17.6 Å². The molecule has 0 bridgehead atoms. The minimum atomic E-state index is -3.61. The Morgan fingerprint density at radius 3 is 2.23 bits per heavy atom. The van der Waals surface area contributed by atoms with Crippen LogP contribution in [0, 0.1) is 5.82 Å². The summed E-state index contributed by atoms with van der Waals surface area (Å²) in [5.74, 6) is -0.390. The Kier molecular flexibility index (Phi) is 5.68. The van der Waals surface area contributed by atoms with Gasteiger partial charge in [0.25, 0.3) is 0 Å². The lowest BCUT2D eigenvalue weighted by Gasteiger charge is -2.33. The Labute approximate surface area is 178 Å². The summed E-state index contributed by atoms with van der Waals surface area (Å²) in [7, 11) is -3.61. The van der Waals surface area contributed by atoms with Gasteiger partial charge in [0.05, 0.1) is 10.6 Å². The second kappa shape index (κ2) is 8.25. The number of carbonyl (C=O) groups is 1. The number of carbonyl (C=O) groups excluding carboxylic acids is 1. The monoisotopic (exact) mass is 445 g/mol. The molecule has 156 valence electrons. The number of thiazole rings is 1. The summed E-state index contributed by atoms with van der Waals surface area (Å²) in [6.45, 7) is 3.20. The predicted molar refractivity (Wildman–Crippen MR) is 115 cm³/mol. The van der Waals surface area contributed by atoms with Crippen LogP contribution < -0.4 is 4.90 Å². The first-order valence-corrected chi connectivity index (χ1v) is 11.7. The first-order chi connectivity index (χ1) is 14.3. The van der Waals surface area contributed by atoms with E-state index in [0.717, 1.165) is 16.4 Å². The van der Waals surface area contributed by atoms with Gasteiger partial charge in [-0.05, 0) is 43.3 Å². The molecule has 2 heterocycles. The van der Waals surface area contributed by atoms with E-state index in [1.807, 2.05) is 5.38 Å². The molecule has 1 aliphatic rings. The van der Waals surface area contributed by atoms with E-state index in [4.69, 9.17) is 0 Å². The van der Waals surface area contributed by atoms with Crippen molar-refractivity contribution in [2.75, 3.05) is 31.1 Å². The molecule has 0 spiro atoms. The normalized spacial score (nSPS) is 15.3. The first-order valence-electron chi connectivity index (χ1n) is 9.42. The Morgan fingerprint density at radius 1 is 1.00 bits per heavy atom. The molecule has 0 N–H and O–H groups in total. The van der Waals surface area contributed by atoms with E-state index in [0.29, 0.717) is 31.7 Å². The molecule has 1 fully saturated rings. The van der Waals surface area contributed by atoms with Crippen molar-refractivity contribution in [1.82, 2.24) is 9.29 Å². The van der Waals surface area contributed by atoms with Crippen LogP contribution in [0.25, 0.3) is 11.3 Å². The van der Waals surface area contributed by atoms with Crippen molar-refractivity contribution in [3.63, 3.8) is 0 Å². The number of piperazine rings is 1. The Balaban J connectivity index is 1.43. The molecule has 2 aromatic carbocycles. The fourth-order valence-electron chi connectivity index (χ4n) is 3.29. The highest BCUT2D eigenvalue weighted by molar-refractivity contribution is 7.89. The van der Waals surface area contributed by atoms with Gasteiger partial charge in [-0.3, -0.25) is 4.79 Å². The molecule has 1 aromatic heterocycles. The molecule has 1 saturated heterocycles. The molecule has 4 rings (SSSR count). The van der Waals surface area contributed by atoms with Crippen LogP contribution in [-0.2, 0) is 10.0 Å². The fraction of sp³-hybridized carbons (Fsp3) is 0.238. The van der Waals surface area contributed by atoms with Crippen molar-refractivity contribution in [3.05, 3.63) is 65.3 Å². The third-order valence-electron chi connectivity index (χ3n) is 5.04. The van der Waals surface area contributed by atoms with E-state index >= 15 is 0 Å². The minimum absolute atomic E-state index is 0.101. The van der Waals surface area contributed by atoms with Crippen molar-refractivity contribution in [3.8, 4) is 11.3 Å². The lowest BCUT2D eigenvalue weighted by atomic mass is 10.2. The number of aromatic nitrogens is 1. The van der Waals surface area contributed by atoms with Crippen molar-refractivity contribution in [1.29, 1.82) is 0 Å². The molecule has 0 atom stereocenters. The summed E-state index contributed by atoms with van der Waals surface area (Å²) in [6, 6.07) is 12.2. The zero-order chi connectivity index (χ0) is 21.3. The number of Topliss-reactive ketones (excluding diaryl/α,β-unsaturated/α-hetero) is 1. The standard InChI is InChI=1S/C21H20FN3O3S2/c1-15(26)16-4-8-19(9-5-16)30(27,28)25-12-10-24(11-13-25)21-23-20(14-29-21)17-2-6-18(22)7-3-17/h2-9,14H,10-13H2,1H3. The SMILES string of the molecule is CC(=O)c1ccc(S(=O)(=O)N2CCN(c3nc(-c4ccc(F)cc4)cs3)CC2)cc1. The molecule has 6 nitrogen and oxygen atoms in total. The summed E-state index contributed by atoms with van der Waals surface area (Å²) in [5.41, 5.74) is 2.10. The van der Waals surface area contributed by atoms with Crippen LogP contribution in [0.4, 0.5) is 9.52 Å². The molecule has 0 radical (unpaired) electrons. The molecular formula is C21H20FN3O3S2. The van der Waals surface area contributed by atoms with Crippen LogP contribution in [0.3, 0.4) is 0 Å². The first kappa shape index (κ1) is 20.6. The maximum atomic E-state index is 13.1. The lowest BCUT2D eigenvalue weighted by Crippen LogP contribution is -2.48. The predicted octanol–water partition coefficient (Wildman–Crippen LogP) is 3.66. The highest BCUT2D eigenvalue weighted by Crippen LogP contribution is 2.29. The molecule has 0 aliphatic carbocycles. The van der Waals surface area contributed by atoms with Gasteiger partial charge < -0.3 is 4.90 Å². The van der Waals surface area contributed by atoms with E-state index in [-0.39, 0.29) is 16.5 Å². The Hall–Kier alpha value is -2.62. The van der Waals surface area contributed by atoms with Crippen LogP contribution in [-0.4, -0.2) is 49.7 Å². The van der Waals surface area contributed by atoms with Crippen LogP contribution in [0.2, 0.25) is 0 Å². The summed E-state index contributed by atoms with van der Waals surface area (Å²) in [6.07, 6.45) is 0. The van der Waals surface area contributed by atoms with Crippen molar-refractivity contribution < 1.29 is 17.6 Å². The van der Waals surface area contributed by atoms with Gasteiger partial charge >= 0.3 is 0 Å². The largest absolute Gasteiger partial charge is 0.345 e. The zero-order valence-electron chi connectivity index (χ0n) is 16.3. The summed E-state index contributed by atoms with van der Waals surface area (Å²) in [5, 5.41) is 2.74. The van der Waals surface area contributed by atoms with Crippen LogP contribution in [0.5, 0.6) is 0 Å². The number of benzene rings is 2. The number of hydrogen-bond acceptors (Lipinski definition) is 6. The number of hydrogen-bond donors (Lipinski definition) is 0. The van der Waals surface area contributed by atoms with Crippen LogP contribution >= 0.6 is 11.3 Å². The second-order valence-corrected chi connectivity index (χ2v) is 9.77. The molecule has 9 heteroatoms. The molecule has 0 unspecified atom stereocenters. The second-order valence-electron chi connectivity index (χ2n) is 6.99. The maximum Gasteiger partial charge on any atom is 0.243 e. The fourth-order valence-corrected chi connectivity index (χ4v) is 5.60. The molecule has 3 aromatic rings. The molecule has 1 aliphatic heterocycles. The quantitative estimate of drug-likeness (QED) is 0.561. The number of halogens is 1. The van der Waals surface area contributed by atoms with Gasteiger partial charge in [0.1, 0.15) is 5.82 Å². The maximum absolute atomic E-state index is 13.1. The average Bonchev–Trinajstić information content (AvgIpc) is 3.25. The topological polar surface area (TPSA) is 70.6 Å². The number of sulfonamides is 1. The number of anilines is 1. The molecule has 30 heavy (non-hydrogen) atoms. The van der Waals surface area contributed by atoms with Gasteiger partial charge in [-0.25, -0.2) is 17.8 Å². The van der Waals surface area contributed by atoms with Crippen LogP contribution in [0.1, 0.15) is 17.3 Å².